The summed E-state index contributed by atoms with van der Waals surface area (Å²) in [4.78, 5) is 31.9. The number of ketones is 1. The number of Topliss-reactive ketones (excluding diaryl/α,β-unsaturated/α-hetero) is 1. The van der Waals surface area contributed by atoms with Crippen LogP contribution in [0.5, 0.6) is 5.75 Å². The van der Waals surface area contributed by atoms with Gasteiger partial charge in [-0.15, -0.1) is 0 Å². The highest BCUT2D eigenvalue weighted by molar-refractivity contribution is 6.51. The average Bonchev–Trinajstić information content (AvgIpc) is 3.04. The Labute approximate surface area is 174 Å². The number of benzene rings is 2. The Morgan fingerprint density at radius 1 is 1.03 bits per heavy atom. The van der Waals surface area contributed by atoms with E-state index in [4.69, 9.17) is 4.74 Å². The molecule has 6 nitrogen and oxygen atoms in total. The Kier molecular flexibility index (Phi) is 5.06. The van der Waals surface area contributed by atoms with Gasteiger partial charge >= 0.3 is 0 Å². The number of carbonyl (C=O) groups is 2. The van der Waals surface area contributed by atoms with E-state index in [1.54, 1.807) is 54.7 Å². The summed E-state index contributed by atoms with van der Waals surface area (Å²) < 4.78 is 5.22. The zero-order valence-electron chi connectivity index (χ0n) is 16.6. The van der Waals surface area contributed by atoms with Gasteiger partial charge in [0.05, 0.1) is 18.4 Å². The predicted molar refractivity (Wildman–Crippen MR) is 113 cm³/mol. The lowest BCUT2D eigenvalue weighted by atomic mass is 9.98. The van der Waals surface area contributed by atoms with Crippen LogP contribution in [0.4, 0.5) is 5.69 Å². The molecular formula is C24H20N2O4. The van der Waals surface area contributed by atoms with Crippen LogP contribution in [0.1, 0.15) is 22.9 Å². The van der Waals surface area contributed by atoms with Gasteiger partial charge in [-0.05, 0) is 48.9 Å². The molecule has 1 atom stereocenters. The van der Waals surface area contributed by atoms with E-state index in [2.05, 4.69) is 4.98 Å². The van der Waals surface area contributed by atoms with Gasteiger partial charge in [-0.2, -0.15) is 0 Å². The molecule has 3 aromatic rings. The molecule has 4 rings (SSSR count). The van der Waals surface area contributed by atoms with E-state index in [0.29, 0.717) is 22.7 Å². The van der Waals surface area contributed by atoms with Crippen LogP contribution in [0.15, 0.2) is 78.5 Å². The van der Waals surface area contributed by atoms with Gasteiger partial charge in [-0.25, -0.2) is 0 Å². The van der Waals surface area contributed by atoms with E-state index < -0.39 is 17.7 Å². The second kappa shape index (κ2) is 7.83. The lowest BCUT2D eigenvalue weighted by Crippen LogP contribution is -2.29. The van der Waals surface area contributed by atoms with E-state index in [1.165, 1.54) is 12.0 Å². The highest BCUT2D eigenvalue weighted by Gasteiger charge is 2.47. The van der Waals surface area contributed by atoms with Crippen molar-refractivity contribution in [3.8, 4) is 5.75 Å². The molecule has 0 spiro atoms. The van der Waals surface area contributed by atoms with Gasteiger partial charge < -0.3 is 9.84 Å². The van der Waals surface area contributed by atoms with Gasteiger partial charge in [0, 0.05) is 17.4 Å². The summed E-state index contributed by atoms with van der Waals surface area (Å²) in [6, 6.07) is 18.5. The highest BCUT2D eigenvalue weighted by Crippen LogP contribution is 2.41. The van der Waals surface area contributed by atoms with Crippen molar-refractivity contribution in [3.63, 3.8) is 0 Å². The summed E-state index contributed by atoms with van der Waals surface area (Å²) >= 11 is 0. The van der Waals surface area contributed by atoms with Crippen molar-refractivity contribution in [1.29, 1.82) is 0 Å². The molecular weight excluding hydrogens is 380 g/mol. The Morgan fingerprint density at radius 3 is 2.53 bits per heavy atom. The Hall–Kier alpha value is -3.93. The number of aryl methyl sites for hydroxylation is 1. The number of hydrogen-bond donors (Lipinski definition) is 1. The van der Waals surface area contributed by atoms with Crippen LogP contribution in [0.25, 0.3) is 5.76 Å². The summed E-state index contributed by atoms with van der Waals surface area (Å²) in [5.41, 5.74) is 2.38. The van der Waals surface area contributed by atoms with Crippen LogP contribution >= 0.6 is 0 Å². The van der Waals surface area contributed by atoms with Crippen molar-refractivity contribution in [2.24, 2.45) is 0 Å². The molecule has 150 valence electrons. The van der Waals surface area contributed by atoms with Gasteiger partial charge in [-0.1, -0.05) is 30.3 Å². The molecule has 0 bridgehead atoms. The molecule has 1 aromatic heterocycles. The normalized spacial score (nSPS) is 17.9. The van der Waals surface area contributed by atoms with E-state index in [1.807, 2.05) is 25.1 Å². The fourth-order valence-electron chi connectivity index (χ4n) is 3.62. The van der Waals surface area contributed by atoms with Gasteiger partial charge in [0.2, 0.25) is 0 Å². The number of hydrogen-bond acceptors (Lipinski definition) is 5. The number of nitrogens with zero attached hydrogens (tertiary/aromatic N) is 2. The Bertz CT molecular complexity index is 1150. The molecule has 1 saturated heterocycles. The first-order valence-electron chi connectivity index (χ1n) is 9.44. The summed E-state index contributed by atoms with van der Waals surface area (Å²) in [6.07, 6.45) is 1.59. The van der Waals surface area contributed by atoms with Crippen LogP contribution in [0.2, 0.25) is 0 Å². The lowest BCUT2D eigenvalue weighted by Gasteiger charge is -2.24. The van der Waals surface area contributed by atoms with Crippen LogP contribution in [-0.4, -0.2) is 28.9 Å². The van der Waals surface area contributed by atoms with Crippen molar-refractivity contribution < 1.29 is 19.4 Å². The predicted octanol–water partition coefficient (Wildman–Crippen LogP) is 4.02. The molecule has 30 heavy (non-hydrogen) atoms. The van der Waals surface area contributed by atoms with Crippen molar-refractivity contribution in [2.75, 3.05) is 12.0 Å². The quantitative estimate of drug-likeness (QED) is 0.406. The number of amides is 1. The number of aliphatic hydroxyl groups is 1. The topological polar surface area (TPSA) is 79.7 Å². The number of aromatic nitrogens is 1. The number of rotatable bonds is 4. The van der Waals surface area contributed by atoms with Gasteiger partial charge in [0.1, 0.15) is 17.6 Å². The van der Waals surface area contributed by atoms with E-state index in [-0.39, 0.29) is 11.3 Å². The fraction of sp³-hybridized carbons (Fsp3) is 0.125. The van der Waals surface area contributed by atoms with Crippen molar-refractivity contribution in [1.82, 2.24) is 4.98 Å². The maximum absolute atomic E-state index is 13.1. The monoisotopic (exact) mass is 400 g/mol. The minimum Gasteiger partial charge on any atom is -0.507 e. The number of carbonyl (C=O) groups excluding carboxylic acids is 2. The number of aliphatic hydroxyl groups excluding tert-OH is 1. The number of ether oxygens (including phenoxy) is 1. The minimum absolute atomic E-state index is 0.00606. The molecule has 2 aromatic carbocycles. The third-order valence-corrected chi connectivity index (χ3v) is 5.04. The van der Waals surface area contributed by atoms with Crippen molar-refractivity contribution in [2.45, 2.75) is 13.0 Å². The van der Waals surface area contributed by atoms with Crippen LogP contribution in [-0.2, 0) is 9.59 Å². The zero-order chi connectivity index (χ0) is 21.3. The highest BCUT2D eigenvalue weighted by atomic mass is 16.5. The van der Waals surface area contributed by atoms with Gasteiger partial charge in [0.25, 0.3) is 11.7 Å². The molecule has 1 aliphatic rings. The number of methoxy groups -OCH3 is 1. The van der Waals surface area contributed by atoms with Crippen LogP contribution in [0.3, 0.4) is 0 Å². The average molecular weight is 400 g/mol. The van der Waals surface area contributed by atoms with E-state index >= 15 is 0 Å². The number of anilines is 1. The largest absolute Gasteiger partial charge is 0.507 e. The summed E-state index contributed by atoms with van der Waals surface area (Å²) in [5, 5.41) is 11.1. The van der Waals surface area contributed by atoms with E-state index in [0.717, 1.165) is 5.56 Å². The van der Waals surface area contributed by atoms with E-state index in [9.17, 15) is 14.7 Å². The molecule has 1 amide bonds. The molecule has 6 heteroatoms. The van der Waals surface area contributed by atoms with Gasteiger partial charge in [0.15, 0.2) is 0 Å². The molecule has 0 radical (unpaired) electrons. The molecule has 1 unspecified atom stereocenters. The maximum Gasteiger partial charge on any atom is 0.300 e. The Balaban J connectivity index is 1.94. The number of pyridine rings is 1. The third-order valence-electron chi connectivity index (χ3n) is 5.04. The van der Waals surface area contributed by atoms with Gasteiger partial charge in [-0.3, -0.25) is 19.5 Å². The second-order valence-corrected chi connectivity index (χ2v) is 6.99. The second-order valence-electron chi connectivity index (χ2n) is 6.99. The van der Waals surface area contributed by atoms with Crippen molar-refractivity contribution in [3.05, 3.63) is 95.3 Å². The standard InChI is InChI=1S/C24H20N2O4/c1-15-7-5-9-17(13-15)26-21(19-11-3-4-12-25-19)20(23(28)24(26)29)22(27)16-8-6-10-18(14-16)30-2/h3-14,21,27H,1-2H3/b22-20+. The smallest absolute Gasteiger partial charge is 0.300 e. The maximum atomic E-state index is 13.1. The first kappa shape index (κ1) is 19.4. The SMILES string of the molecule is COc1cccc(/C(O)=C2\C(=O)C(=O)N(c3cccc(C)c3)C2c2ccccn2)c1. The lowest BCUT2D eigenvalue weighted by molar-refractivity contribution is -0.132. The Morgan fingerprint density at radius 2 is 1.83 bits per heavy atom. The summed E-state index contributed by atoms with van der Waals surface area (Å²) in [7, 11) is 1.52. The molecule has 1 fully saturated rings. The summed E-state index contributed by atoms with van der Waals surface area (Å²) in [6.45, 7) is 1.91. The fourth-order valence-corrected chi connectivity index (χ4v) is 3.62. The minimum atomic E-state index is -0.848. The first-order valence-corrected chi connectivity index (χ1v) is 9.44. The molecule has 2 heterocycles. The molecule has 1 N–H and O–H groups in total. The van der Waals surface area contributed by atoms with Crippen LogP contribution in [0, 0.1) is 6.92 Å². The first-order chi connectivity index (χ1) is 14.5. The molecule has 1 aliphatic heterocycles. The summed E-state index contributed by atoms with van der Waals surface area (Å²) in [5.74, 6) is -1.20. The molecule has 0 saturated carbocycles. The molecule has 0 aliphatic carbocycles. The zero-order valence-corrected chi connectivity index (χ0v) is 16.6. The van der Waals surface area contributed by atoms with Crippen molar-refractivity contribution >= 4 is 23.1 Å². The third kappa shape index (κ3) is 3.33. The van der Waals surface area contributed by atoms with Crippen LogP contribution < -0.4 is 9.64 Å².